The number of nitrogens with one attached hydrogen (secondary N) is 1. The lowest BCUT2D eigenvalue weighted by molar-refractivity contribution is -0.157. The number of carbonyl (C=O) groups is 3. The molecular formula is C27H33NO5S. The van der Waals surface area contributed by atoms with Gasteiger partial charge in [-0.1, -0.05) is 85.3 Å². The molecule has 2 aromatic rings. The summed E-state index contributed by atoms with van der Waals surface area (Å²) in [4.78, 5) is 37.1. The molecule has 0 aromatic heterocycles. The number of unbranched alkanes of at least 4 members (excludes halogenated alkanes) is 1. The quantitative estimate of drug-likeness (QED) is 0.329. The first-order valence-corrected chi connectivity index (χ1v) is 12.7. The number of amides is 1. The van der Waals surface area contributed by atoms with Crippen LogP contribution in [0, 0.1) is 5.41 Å². The van der Waals surface area contributed by atoms with E-state index in [4.69, 9.17) is 9.47 Å². The summed E-state index contributed by atoms with van der Waals surface area (Å²) < 4.78 is 11.0. The lowest BCUT2D eigenvalue weighted by atomic mass is 9.80. The number of carbonyl (C=O) groups excluding carboxylic acids is 3. The molecule has 0 saturated heterocycles. The summed E-state index contributed by atoms with van der Waals surface area (Å²) in [5.74, 6) is -0.220. The second-order valence-corrected chi connectivity index (χ2v) is 10.0. The maximum absolute atomic E-state index is 13.3. The highest BCUT2D eigenvalue weighted by Gasteiger charge is 2.50. The average Bonchev–Trinajstić information content (AvgIpc) is 3.25. The van der Waals surface area contributed by atoms with E-state index in [1.54, 1.807) is 6.92 Å². The molecule has 7 heteroatoms. The first kappa shape index (κ1) is 25.8. The summed E-state index contributed by atoms with van der Waals surface area (Å²) in [6, 6.07) is 19.1. The average molecular weight is 484 g/mol. The molecule has 0 spiro atoms. The monoisotopic (exact) mass is 483 g/mol. The molecule has 3 rings (SSSR count). The predicted octanol–water partition coefficient (Wildman–Crippen LogP) is 5.65. The van der Waals surface area contributed by atoms with E-state index in [-0.39, 0.29) is 29.5 Å². The second-order valence-electron chi connectivity index (χ2n) is 8.65. The summed E-state index contributed by atoms with van der Waals surface area (Å²) >= 11 is 1.26. The van der Waals surface area contributed by atoms with Crippen LogP contribution in [0.2, 0.25) is 0 Å². The Balaban J connectivity index is 1.49. The minimum atomic E-state index is -0.668. The number of thioether (sulfide) groups is 1. The molecule has 1 aliphatic rings. The maximum Gasteiger partial charge on any atom is 0.407 e. The van der Waals surface area contributed by atoms with Gasteiger partial charge < -0.3 is 14.8 Å². The van der Waals surface area contributed by atoms with Crippen molar-refractivity contribution in [1.82, 2.24) is 5.32 Å². The fraction of sp³-hybridized carbons (Fsp3) is 0.444. The number of esters is 1. The van der Waals surface area contributed by atoms with Gasteiger partial charge in [-0.25, -0.2) is 4.79 Å². The van der Waals surface area contributed by atoms with Gasteiger partial charge >= 0.3 is 12.1 Å². The molecule has 1 fully saturated rings. The van der Waals surface area contributed by atoms with Gasteiger partial charge in [-0.3, -0.25) is 9.59 Å². The Morgan fingerprint density at radius 1 is 0.941 bits per heavy atom. The fourth-order valence-corrected chi connectivity index (χ4v) is 5.67. The smallest absolute Gasteiger partial charge is 0.407 e. The van der Waals surface area contributed by atoms with Crippen molar-refractivity contribution in [1.29, 1.82) is 0 Å². The molecule has 2 aromatic carbocycles. The number of ether oxygens (including phenoxy) is 2. The standard InChI is InChI=1S/C27H33NO5S/c1-21(29)34-24-15-10-17-27(24,25(30)32-19-22-11-4-2-5-12-22)16-8-9-18-28-26(31)33-20-23-13-6-3-7-14-23/h2-7,11-14,24H,8-10,15-20H2,1H3,(H,28,31). The van der Waals surface area contributed by atoms with Crippen molar-refractivity contribution in [2.24, 2.45) is 5.41 Å². The van der Waals surface area contributed by atoms with Gasteiger partial charge in [-0.15, -0.1) is 0 Å². The molecule has 0 heterocycles. The first-order valence-electron chi connectivity index (χ1n) is 11.8. The third-order valence-electron chi connectivity index (χ3n) is 6.16. The summed E-state index contributed by atoms with van der Waals surface area (Å²) in [5, 5.41) is 2.72. The van der Waals surface area contributed by atoms with E-state index in [2.05, 4.69) is 5.32 Å². The van der Waals surface area contributed by atoms with Crippen LogP contribution >= 0.6 is 11.8 Å². The van der Waals surface area contributed by atoms with Crippen LogP contribution in [0.3, 0.4) is 0 Å². The molecule has 1 saturated carbocycles. The highest BCUT2D eigenvalue weighted by atomic mass is 32.2. The molecule has 6 nitrogen and oxygen atoms in total. The summed E-state index contributed by atoms with van der Waals surface area (Å²) in [6.45, 7) is 2.47. The minimum absolute atomic E-state index is 0.0231. The van der Waals surface area contributed by atoms with Crippen molar-refractivity contribution in [3.63, 3.8) is 0 Å². The number of hydrogen-bond donors (Lipinski definition) is 1. The third-order valence-corrected chi connectivity index (χ3v) is 7.47. The molecule has 1 amide bonds. The van der Waals surface area contributed by atoms with Gasteiger partial charge in [-0.2, -0.15) is 0 Å². The van der Waals surface area contributed by atoms with E-state index in [0.717, 1.165) is 36.8 Å². The van der Waals surface area contributed by atoms with Crippen LogP contribution in [0.1, 0.15) is 56.6 Å². The molecular weight excluding hydrogens is 450 g/mol. The number of rotatable bonds is 11. The van der Waals surface area contributed by atoms with Gasteiger partial charge in [0.2, 0.25) is 0 Å². The zero-order chi connectivity index (χ0) is 24.2. The highest BCUT2D eigenvalue weighted by molar-refractivity contribution is 8.14. The lowest BCUT2D eigenvalue weighted by Crippen LogP contribution is -2.39. The van der Waals surface area contributed by atoms with Gasteiger partial charge in [0.15, 0.2) is 5.12 Å². The number of benzene rings is 2. The molecule has 34 heavy (non-hydrogen) atoms. The molecule has 0 aliphatic heterocycles. The zero-order valence-corrected chi connectivity index (χ0v) is 20.5. The van der Waals surface area contributed by atoms with Crippen molar-refractivity contribution in [2.45, 2.75) is 63.9 Å². The number of alkyl carbamates (subject to hydrolysis) is 1. The van der Waals surface area contributed by atoms with Crippen LogP contribution in [-0.2, 0) is 32.3 Å². The van der Waals surface area contributed by atoms with Crippen molar-refractivity contribution < 1.29 is 23.9 Å². The molecule has 0 bridgehead atoms. The van der Waals surface area contributed by atoms with Crippen LogP contribution < -0.4 is 5.32 Å². The van der Waals surface area contributed by atoms with E-state index in [1.165, 1.54) is 11.8 Å². The van der Waals surface area contributed by atoms with Crippen molar-refractivity contribution >= 4 is 28.9 Å². The van der Waals surface area contributed by atoms with E-state index in [1.807, 2.05) is 60.7 Å². The number of hydrogen-bond acceptors (Lipinski definition) is 6. The van der Waals surface area contributed by atoms with Gasteiger partial charge in [0, 0.05) is 18.7 Å². The topological polar surface area (TPSA) is 81.7 Å². The van der Waals surface area contributed by atoms with Crippen LogP contribution in [-0.4, -0.2) is 29.0 Å². The Morgan fingerprint density at radius 3 is 2.18 bits per heavy atom. The van der Waals surface area contributed by atoms with Gasteiger partial charge in [-0.05, 0) is 36.8 Å². The van der Waals surface area contributed by atoms with Crippen LogP contribution in [0.15, 0.2) is 60.7 Å². The van der Waals surface area contributed by atoms with Gasteiger partial charge in [0.05, 0.1) is 5.41 Å². The summed E-state index contributed by atoms with van der Waals surface area (Å²) in [6.07, 6.45) is 4.08. The Kier molecular flexibility index (Phi) is 10.0. The molecule has 1 aliphatic carbocycles. The van der Waals surface area contributed by atoms with E-state index >= 15 is 0 Å². The van der Waals surface area contributed by atoms with E-state index < -0.39 is 11.5 Å². The fourth-order valence-electron chi connectivity index (χ4n) is 4.43. The Morgan fingerprint density at radius 2 is 1.56 bits per heavy atom. The predicted molar refractivity (Wildman–Crippen MR) is 133 cm³/mol. The van der Waals surface area contributed by atoms with Gasteiger partial charge in [0.25, 0.3) is 0 Å². The summed E-state index contributed by atoms with van der Waals surface area (Å²) in [5.41, 5.74) is 1.21. The Bertz CT molecular complexity index is 937. The van der Waals surface area contributed by atoms with Crippen LogP contribution in [0.4, 0.5) is 4.79 Å². The molecule has 2 atom stereocenters. The largest absolute Gasteiger partial charge is 0.460 e. The van der Waals surface area contributed by atoms with Crippen molar-refractivity contribution in [2.75, 3.05) is 6.54 Å². The normalized spacial score (nSPS) is 19.4. The first-order chi connectivity index (χ1) is 16.5. The third kappa shape index (κ3) is 7.62. The lowest BCUT2D eigenvalue weighted by Gasteiger charge is -2.32. The van der Waals surface area contributed by atoms with E-state index in [0.29, 0.717) is 19.4 Å². The molecule has 2 unspecified atom stereocenters. The minimum Gasteiger partial charge on any atom is -0.460 e. The Labute approximate surface area is 205 Å². The van der Waals surface area contributed by atoms with Gasteiger partial charge in [0.1, 0.15) is 13.2 Å². The maximum atomic E-state index is 13.3. The van der Waals surface area contributed by atoms with Crippen molar-refractivity contribution in [3.05, 3.63) is 71.8 Å². The molecule has 182 valence electrons. The van der Waals surface area contributed by atoms with Crippen LogP contribution in [0.25, 0.3) is 0 Å². The summed E-state index contributed by atoms with van der Waals surface area (Å²) in [7, 11) is 0. The highest BCUT2D eigenvalue weighted by Crippen LogP contribution is 2.49. The molecule has 1 N–H and O–H groups in total. The zero-order valence-electron chi connectivity index (χ0n) is 19.7. The second kappa shape index (κ2) is 13.2. The molecule has 0 radical (unpaired) electrons. The van der Waals surface area contributed by atoms with Crippen molar-refractivity contribution in [3.8, 4) is 0 Å². The Hall–Kier alpha value is -2.80. The van der Waals surface area contributed by atoms with Crippen LogP contribution in [0.5, 0.6) is 0 Å². The van der Waals surface area contributed by atoms with E-state index in [9.17, 15) is 14.4 Å². The SMILES string of the molecule is CC(=O)SC1CCCC1(CCCCNC(=O)OCc1ccccc1)C(=O)OCc1ccccc1.